The van der Waals surface area contributed by atoms with Crippen LogP contribution in [0.2, 0.25) is 0 Å². The molecule has 2 amide bonds. The van der Waals surface area contributed by atoms with E-state index in [4.69, 9.17) is 0 Å². The van der Waals surface area contributed by atoms with E-state index in [9.17, 15) is 9.59 Å². The van der Waals surface area contributed by atoms with Crippen molar-refractivity contribution >= 4 is 28.3 Å². The van der Waals surface area contributed by atoms with Gasteiger partial charge in [0, 0.05) is 25.4 Å². The second-order valence-corrected chi connectivity index (χ2v) is 7.49. The summed E-state index contributed by atoms with van der Waals surface area (Å²) < 4.78 is 0. The Kier molecular flexibility index (Phi) is 6.35. The summed E-state index contributed by atoms with van der Waals surface area (Å²) in [6.45, 7) is 5.19. The summed E-state index contributed by atoms with van der Waals surface area (Å²) in [4.78, 5) is 29.8. The summed E-state index contributed by atoms with van der Waals surface area (Å²) >= 11 is 1.26. The van der Waals surface area contributed by atoms with Crippen molar-refractivity contribution < 1.29 is 9.59 Å². The molecule has 2 aromatic rings. The van der Waals surface area contributed by atoms with Gasteiger partial charge in [-0.1, -0.05) is 30.3 Å². The molecule has 3 rings (SSSR count). The van der Waals surface area contributed by atoms with Gasteiger partial charge < -0.3 is 10.6 Å². The molecule has 138 valence electrons. The standard InChI is InChI=1S/C19H24N4O2S/c1-14(24)21-19-22-17(13-26-19)18(25)20-11-15-7-9-23(10-8-15)12-16-5-3-2-4-6-16/h2-6,13,15H,7-12H2,1H3,(H,20,25)(H,21,22,24). The highest BCUT2D eigenvalue weighted by atomic mass is 32.1. The van der Waals surface area contributed by atoms with Gasteiger partial charge in [-0.25, -0.2) is 4.98 Å². The number of carbonyl (C=O) groups excluding carboxylic acids is 2. The van der Waals surface area contributed by atoms with Crippen molar-refractivity contribution in [3.8, 4) is 0 Å². The van der Waals surface area contributed by atoms with Crippen molar-refractivity contribution in [1.82, 2.24) is 15.2 Å². The molecule has 1 aromatic carbocycles. The average Bonchev–Trinajstić information content (AvgIpc) is 3.09. The van der Waals surface area contributed by atoms with Crippen molar-refractivity contribution in [3.05, 3.63) is 47.0 Å². The monoisotopic (exact) mass is 372 g/mol. The molecule has 1 fully saturated rings. The molecule has 0 saturated carbocycles. The predicted octanol–water partition coefficient (Wildman–Crippen LogP) is 2.74. The SMILES string of the molecule is CC(=O)Nc1nc(C(=O)NCC2CCN(Cc3ccccc3)CC2)cs1. The normalized spacial score (nSPS) is 15.6. The Balaban J connectivity index is 1.40. The van der Waals surface area contributed by atoms with Crippen LogP contribution >= 0.6 is 11.3 Å². The van der Waals surface area contributed by atoms with Crippen molar-refractivity contribution in [1.29, 1.82) is 0 Å². The lowest BCUT2D eigenvalue weighted by atomic mass is 9.96. The molecule has 0 aliphatic carbocycles. The molecule has 1 saturated heterocycles. The summed E-state index contributed by atoms with van der Waals surface area (Å²) in [6.07, 6.45) is 2.17. The first kappa shape index (κ1) is 18.5. The van der Waals surface area contributed by atoms with E-state index in [0.717, 1.165) is 32.5 Å². The number of amides is 2. The van der Waals surface area contributed by atoms with E-state index in [2.05, 4.69) is 44.8 Å². The first-order valence-corrected chi connectivity index (χ1v) is 9.75. The number of nitrogens with one attached hydrogen (secondary N) is 2. The second kappa shape index (κ2) is 8.91. The van der Waals surface area contributed by atoms with Crippen LogP contribution in [0, 0.1) is 5.92 Å². The molecule has 0 radical (unpaired) electrons. The van der Waals surface area contributed by atoms with E-state index in [-0.39, 0.29) is 11.8 Å². The minimum Gasteiger partial charge on any atom is -0.350 e. The zero-order valence-electron chi connectivity index (χ0n) is 14.9. The quantitative estimate of drug-likeness (QED) is 0.818. The molecule has 6 nitrogen and oxygen atoms in total. The number of likely N-dealkylation sites (tertiary alicyclic amines) is 1. The Bertz CT molecular complexity index is 739. The molecule has 1 aliphatic heterocycles. The highest BCUT2D eigenvalue weighted by Gasteiger charge is 2.20. The molecule has 2 heterocycles. The fraction of sp³-hybridized carbons (Fsp3) is 0.421. The maximum atomic E-state index is 12.2. The van der Waals surface area contributed by atoms with E-state index in [1.807, 2.05) is 6.07 Å². The summed E-state index contributed by atoms with van der Waals surface area (Å²) in [5.74, 6) is 0.137. The fourth-order valence-corrected chi connectivity index (χ4v) is 3.84. The van der Waals surface area contributed by atoms with E-state index >= 15 is 0 Å². The van der Waals surface area contributed by atoms with Crippen LogP contribution in [0.4, 0.5) is 5.13 Å². The van der Waals surface area contributed by atoms with Gasteiger partial charge in [0.1, 0.15) is 5.69 Å². The lowest BCUT2D eigenvalue weighted by molar-refractivity contribution is -0.114. The first-order chi connectivity index (χ1) is 12.6. The van der Waals surface area contributed by atoms with Crippen LogP contribution in [0.5, 0.6) is 0 Å². The number of piperidine rings is 1. The Labute approximate surface area is 157 Å². The van der Waals surface area contributed by atoms with Crippen LogP contribution in [0.1, 0.15) is 35.8 Å². The van der Waals surface area contributed by atoms with Crippen LogP contribution in [-0.2, 0) is 11.3 Å². The Morgan fingerprint density at radius 3 is 2.65 bits per heavy atom. The number of benzene rings is 1. The average molecular weight is 372 g/mol. The third-order valence-corrected chi connectivity index (χ3v) is 5.28. The molecular formula is C19H24N4O2S. The van der Waals surface area contributed by atoms with Crippen LogP contribution < -0.4 is 10.6 Å². The van der Waals surface area contributed by atoms with Gasteiger partial charge in [-0.3, -0.25) is 14.5 Å². The van der Waals surface area contributed by atoms with Gasteiger partial charge in [0.05, 0.1) is 0 Å². The molecule has 1 aliphatic rings. The zero-order valence-corrected chi connectivity index (χ0v) is 15.7. The number of hydrogen-bond acceptors (Lipinski definition) is 5. The van der Waals surface area contributed by atoms with Crippen LogP contribution in [0.15, 0.2) is 35.7 Å². The minimum absolute atomic E-state index is 0.176. The molecule has 26 heavy (non-hydrogen) atoms. The number of hydrogen-bond donors (Lipinski definition) is 2. The lowest BCUT2D eigenvalue weighted by Gasteiger charge is -2.32. The first-order valence-electron chi connectivity index (χ1n) is 8.88. The van der Waals surface area contributed by atoms with Gasteiger partial charge in [-0.2, -0.15) is 0 Å². The van der Waals surface area contributed by atoms with Gasteiger partial charge >= 0.3 is 0 Å². The van der Waals surface area contributed by atoms with Gasteiger partial charge in [0.25, 0.3) is 5.91 Å². The maximum Gasteiger partial charge on any atom is 0.270 e. The maximum absolute atomic E-state index is 12.2. The van der Waals surface area contributed by atoms with Gasteiger partial charge in [-0.05, 0) is 37.4 Å². The second-order valence-electron chi connectivity index (χ2n) is 6.63. The molecule has 1 aromatic heterocycles. The van der Waals surface area contributed by atoms with Crippen molar-refractivity contribution in [2.45, 2.75) is 26.3 Å². The van der Waals surface area contributed by atoms with E-state index in [1.54, 1.807) is 5.38 Å². The number of nitrogens with zero attached hydrogens (tertiary/aromatic N) is 2. The molecule has 0 atom stereocenters. The van der Waals surface area contributed by atoms with E-state index in [0.29, 0.717) is 23.3 Å². The van der Waals surface area contributed by atoms with Crippen LogP contribution in [-0.4, -0.2) is 41.3 Å². The highest BCUT2D eigenvalue weighted by Crippen LogP contribution is 2.19. The molecule has 0 spiro atoms. The highest BCUT2D eigenvalue weighted by molar-refractivity contribution is 7.14. The number of carbonyl (C=O) groups is 2. The smallest absolute Gasteiger partial charge is 0.270 e. The Morgan fingerprint density at radius 1 is 1.23 bits per heavy atom. The third-order valence-electron chi connectivity index (χ3n) is 4.53. The van der Waals surface area contributed by atoms with Gasteiger partial charge in [-0.15, -0.1) is 11.3 Å². The number of anilines is 1. The molecule has 2 N–H and O–H groups in total. The zero-order chi connectivity index (χ0) is 18.4. The minimum atomic E-state index is -0.187. The molecule has 0 unspecified atom stereocenters. The van der Waals surface area contributed by atoms with Gasteiger partial charge in [0.15, 0.2) is 5.13 Å². The topological polar surface area (TPSA) is 74.3 Å². The number of rotatable bonds is 6. The van der Waals surface area contributed by atoms with Crippen molar-refractivity contribution in [2.75, 3.05) is 25.0 Å². The molecular weight excluding hydrogens is 348 g/mol. The Hall–Kier alpha value is -2.25. The summed E-state index contributed by atoms with van der Waals surface area (Å²) in [5, 5.41) is 7.69. The molecule has 0 bridgehead atoms. The number of aromatic nitrogens is 1. The Morgan fingerprint density at radius 2 is 1.96 bits per heavy atom. The van der Waals surface area contributed by atoms with Crippen LogP contribution in [0.25, 0.3) is 0 Å². The summed E-state index contributed by atoms with van der Waals surface area (Å²) in [6, 6.07) is 10.5. The summed E-state index contributed by atoms with van der Waals surface area (Å²) in [7, 11) is 0. The van der Waals surface area contributed by atoms with Gasteiger partial charge in [0.2, 0.25) is 5.91 Å². The third kappa shape index (κ3) is 5.37. The lowest BCUT2D eigenvalue weighted by Crippen LogP contribution is -2.38. The predicted molar refractivity (Wildman–Crippen MR) is 103 cm³/mol. The van der Waals surface area contributed by atoms with Crippen LogP contribution in [0.3, 0.4) is 0 Å². The van der Waals surface area contributed by atoms with E-state index < -0.39 is 0 Å². The largest absolute Gasteiger partial charge is 0.350 e. The molecule has 7 heteroatoms. The summed E-state index contributed by atoms with van der Waals surface area (Å²) in [5.41, 5.74) is 1.71. The van der Waals surface area contributed by atoms with Crippen molar-refractivity contribution in [2.24, 2.45) is 5.92 Å². The van der Waals surface area contributed by atoms with Crippen molar-refractivity contribution in [3.63, 3.8) is 0 Å². The fourth-order valence-electron chi connectivity index (χ4n) is 3.10. The number of thiazole rings is 1. The van der Waals surface area contributed by atoms with E-state index in [1.165, 1.54) is 23.8 Å².